The Labute approximate surface area is 65.9 Å². The van der Waals surface area contributed by atoms with E-state index in [-0.39, 0.29) is 10.5 Å². The fourth-order valence-electron chi connectivity index (χ4n) is 0.974. The molecule has 0 fully saturated rings. The van der Waals surface area contributed by atoms with Crippen LogP contribution in [0.4, 0.5) is 0 Å². The van der Waals surface area contributed by atoms with Crippen LogP contribution in [0, 0.1) is 5.41 Å². The molecule has 1 aliphatic heterocycles. The highest BCUT2D eigenvalue weighted by molar-refractivity contribution is 8.14. The first kappa shape index (κ1) is 7.86. The van der Waals surface area contributed by atoms with E-state index in [0.29, 0.717) is 0 Å². The summed E-state index contributed by atoms with van der Waals surface area (Å²) in [6, 6.07) is 0. The largest absolute Gasteiger partial charge is 0.282 e. The first-order valence-electron chi connectivity index (χ1n) is 3.39. The van der Waals surface area contributed by atoms with Crippen molar-refractivity contribution in [3.05, 3.63) is 11.6 Å². The lowest BCUT2D eigenvalue weighted by Gasteiger charge is -2.17. The van der Waals surface area contributed by atoms with Gasteiger partial charge < -0.3 is 0 Å². The Balaban J connectivity index is 2.82. The van der Waals surface area contributed by atoms with E-state index in [2.05, 4.69) is 20.8 Å². The van der Waals surface area contributed by atoms with Gasteiger partial charge in [-0.3, -0.25) is 4.79 Å². The highest BCUT2D eigenvalue weighted by atomic mass is 32.2. The maximum atomic E-state index is 11.1. The maximum Gasteiger partial charge on any atom is 0.215 e. The summed E-state index contributed by atoms with van der Waals surface area (Å²) in [6.45, 7) is 6.22. The van der Waals surface area contributed by atoms with Crippen LogP contribution in [-0.2, 0) is 4.79 Å². The van der Waals surface area contributed by atoms with Crippen molar-refractivity contribution >= 4 is 16.9 Å². The second-order valence-electron chi connectivity index (χ2n) is 3.47. The molecule has 0 unspecified atom stereocenters. The minimum atomic E-state index is 0.0422. The van der Waals surface area contributed by atoms with E-state index in [1.807, 2.05) is 6.08 Å². The van der Waals surface area contributed by atoms with Gasteiger partial charge in [0.15, 0.2) is 0 Å². The molecule has 0 N–H and O–H groups in total. The summed E-state index contributed by atoms with van der Waals surface area (Å²) in [4.78, 5) is 11.1. The fourth-order valence-corrected chi connectivity index (χ4v) is 1.92. The number of rotatable bonds is 0. The van der Waals surface area contributed by atoms with Gasteiger partial charge in [0.1, 0.15) is 0 Å². The van der Waals surface area contributed by atoms with E-state index in [0.717, 1.165) is 11.3 Å². The lowest BCUT2D eigenvalue weighted by Crippen LogP contribution is -2.12. The molecule has 0 atom stereocenters. The van der Waals surface area contributed by atoms with E-state index in [1.54, 1.807) is 0 Å². The van der Waals surface area contributed by atoms with Gasteiger partial charge >= 0.3 is 0 Å². The SMILES string of the molecule is CC(C)(C)C1=CCSC1=O. The van der Waals surface area contributed by atoms with E-state index < -0.39 is 0 Å². The van der Waals surface area contributed by atoms with Crippen LogP contribution in [-0.4, -0.2) is 10.9 Å². The van der Waals surface area contributed by atoms with Crippen molar-refractivity contribution in [2.45, 2.75) is 20.8 Å². The predicted octanol–water partition coefficient (Wildman–Crippen LogP) is 2.23. The van der Waals surface area contributed by atoms with Crippen LogP contribution >= 0.6 is 11.8 Å². The van der Waals surface area contributed by atoms with Gasteiger partial charge in [-0.15, -0.1) is 0 Å². The van der Waals surface area contributed by atoms with Crippen LogP contribution in [0.3, 0.4) is 0 Å². The Morgan fingerprint density at radius 3 is 2.30 bits per heavy atom. The normalized spacial score (nSPS) is 19.5. The Hall–Kier alpha value is -0.240. The second-order valence-corrected chi connectivity index (χ2v) is 4.46. The van der Waals surface area contributed by atoms with Crippen molar-refractivity contribution < 1.29 is 4.79 Å². The molecule has 0 aromatic carbocycles. The van der Waals surface area contributed by atoms with Gasteiger partial charge in [-0.05, 0) is 5.41 Å². The Morgan fingerprint density at radius 2 is 2.10 bits per heavy atom. The Bertz CT molecular complexity index is 186. The third-order valence-electron chi connectivity index (χ3n) is 1.53. The summed E-state index contributed by atoms with van der Waals surface area (Å²) in [6.07, 6.45) is 2.03. The molecule has 1 aliphatic rings. The first-order valence-corrected chi connectivity index (χ1v) is 4.38. The predicted molar refractivity (Wildman–Crippen MR) is 45.0 cm³/mol. The van der Waals surface area contributed by atoms with Crippen molar-refractivity contribution in [2.24, 2.45) is 5.41 Å². The molecule has 1 heterocycles. The fraction of sp³-hybridized carbons (Fsp3) is 0.625. The molecular weight excluding hydrogens is 144 g/mol. The smallest absolute Gasteiger partial charge is 0.215 e. The first-order chi connectivity index (χ1) is 4.52. The lowest BCUT2D eigenvalue weighted by molar-refractivity contribution is -0.108. The number of hydrogen-bond donors (Lipinski definition) is 0. The molecule has 10 heavy (non-hydrogen) atoms. The molecule has 56 valence electrons. The molecule has 0 spiro atoms. The maximum absolute atomic E-state index is 11.1. The van der Waals surface area contributed by atoms with Crippen LogP contribution in [0.2, 0.25) is 0 Å². The van der Waals surface area contributed by atoms with Gasteiger partial charge in [0.05, 0.1) is 0 Å². The average Bonchev–Trinajstić information content (AvgIpc) is 2.11. The number of thioether (sulfide) groups is 1. The molecule has 0 radical (unpaired) electrons. The highest BCUT2D eigenvalue weighted by Gasteiger charge is 2.26. The zero-order valence-electron chi connectivity index (χ0n) is 6.60. The lowest BCUT2D eigenvalue weighted by atomic mass is 9.87. The monoisotopic (exact) mass is 156 g/mol. The summed E-state index contributed by atoms with van der Waals surface area (Å²) < 4.78 is 0. The number of hydrogen-bond acceptors (Lipinski definition) is 2. The van der Waals surface area contributed by atoms with Gasteiger partial charge in [0.25, 0.3) is 0 Å². The van der Waals surface area contributed by atoms with Crippen LogP contribution in [0.25, 0.3) is 0 Å². The summed E-state index contributed by atoms with van der Waals surface area (Å²) in [7, 11) is 0. The zero-order valence-corrected chi connectivity index (χ0v) is 7.42. The molecule has 0 aromatic heterocycles. The molecule has 2 heteroatoms. The van der Waals surface area contributed by atoms with Crippen molar-refractivity contribution in [3.63, 3.8) is 0 Å². The molecule has 0 aromatic rings. The number of carbonyl (C=O) groups is 1. The zero-order chi connectivity index (χ0) is 7.78. The van der Waals surface area contributed by atoms with Crippen molar-refractivity contribution in [1.82, 2.24) is 0 Å². The van der Waals surface area contributed by atoms with Crippen LogP contribution < -0.4 is 0 Å². The van der Waals surface area contributed by atoms with Crippen LogP contribution in [0.1, 0.15) is 20.8 Å². The van der Waals surface area contributed by atoms with Gasteiger partial charge in [0.2, 0.25) is 5.12 Å². The number of carbonyl (C=O) groups excluding carboxylic acids is 1. The quantitative estimate of drug-likeness (QED) is 0.535. The highest BCUT2D eigenvalue weighted by Crippen LogP contribution is 2.33. The van der Waals surface area contributed by atoms with Gasteiger partial charge in [-0.2, -0.15) is 0 Å². The summed E-state index contributed by atoms with van der Waals surface area (Å²) >= 11 is 1.40. The minimum Gasteiger partial charge on any atom is -0.282 e. The van der Waals surface area contributed by atoms with Crippen LogP contribution in [0.15, 0.2) is 11.6 Å². The molecule has 0 bridgehead atoms. The molecule has 0 amide bonds. The molecule has 1 nitrogen and oxygen atoms in total. The third kappa shape index (κ3) is 1.43. The molecule has 0 aliphatic carbocycles. The average molecular weight is 156 g/mol. The van der Waals surface area contributed by atoms with E-state index >= 15 is 0 Å². The van der Waals surface area contributed by atoms with Crippen molar-refractivity contribution in [1.29, 1.82) is 0 Å². The van der Waals surface area contributed by atoms with Gasteiger partial charge in [0, 0.05) is 11.3 Å². The molecular formula is C8H12OS. The van der Waals surface area contributed by atoms with Crippen molar-refractivity contribution in [3.8, 4) is 0 Å². The second kappa shape index (κ2) is 2.42. The summed E-state index contributed by atoms with van der Waals surface area (Å²) in [5.41, 5.74) is 1.03. The van der Waals surface area contributed by atoms with E-state index in [9.17, 15) is 4.79 Å². The summed E-state index contributed by atoms with van der Waals surface area (Å²) in [5.74, 6) is 0.867. The molecule has 0 saturated heterocycles. The Kier molecular flexibility index (Phi) is 1.90. The van der Waals surface area contributed by atoms with E-state index in [4.69, 9.17) is 0 Å². The topological polar surface area (TPSA) is 17.1 Å². The molecule has 0 saturated carbocycles. The minimum absolute atomic E-state index is 0.0422. The van der Waals surface area contributed by atoms with Crippen molar-refractivity contribution in [2.75, 3.05) is 5.75 Å². The van der Waals surface area contributed by atoms with Gasteiger partial charge in [-0.1, -0.05) is 38.6 Å². The van der Waals surface area contributed by atoms with Gasteiger partial charge in [-0.25, -0.2) is 0 Å². The standard InChI is InChI=1S/C8H12OS/c1-8(2,3)6-4-5-10-7(6)9/h4H,5H2,1-3H3. The van der Waals surface area contributed by atoms with Crippen LogP contribution in [0.5, 0.6) is 0 Å². The third-order valence-corrected chi connectivity index (χ3v) is 2.35. The molecule has 1 rings (SSSR count). The Morgan fingerprint density at radius 1 is 1.50 bits per heavy atom. The summed E-state index contributed by atoms with van der Waals surface area (Å²) in [5, 5.41) is 0.257. The van der Waals surface area contributed by atoms with E-state index in [1.165, 1.54) is 11.8 Å².